The molecule has 1 aliphatic heterocycles. The number of hydrogen-bond donors (Lipinski definition) is 3. The van der Waals surface area contributed by atoms with Gasteiger partial charge in [-0.3, -0.25) is 9.59 Å². The maximum absolute atomic E-state index is 12.7. The maximum Gasteiger partial charge on any atom is 0.251 e. The molecule has 0 aliphatic carbocycles. The zero-order valence-electron chi connectivity index (χ0n) is 17.5. The van der Waals surface area contributed by atoms with E-state index in [4.69, 9.17) is 0 Å². The van der Waals surface area contributed by atoms with E-state index < -0.39 is 0 Å². The molecule has 3 N–H and O–H groups in total. The van der Waals surface area contributed by atoms with E-state index in [9.17, 15) is 9.59 Å². The van der Waals surface area contributed by atoms with E-state index >= 15 is 0 Å². The fourth-order valence-electron chi connectivity index (χ4n) is 4.00. The van der Waals surface area contributed by atoms with Crippen molar-refractivity contribution < 1.29 is 9.59 Å². The molecule has 1 atom stereocenters. The van der Waals surface area contributed by atoms with Crippen molar-refractivity contribution in [3.63, 3.8) is 0 Å². The number of piperidine rings is 1. The molecule has 2 heterocycles. The summed E-state index contributed by atoms with van der Waals surface area (Å²) in [5.41, 5.74) is 4.27. The molecule has 1 aromatic heterocycles. The monoisotopic (exact) mass is 404 g/mol. The van der Waals surface area contributed by atoms with Crippen molar-refractivity contribution in [3.05, 3.63) is 65.4 Å². The van der Waals surface area contributed by atoms with Gasteiger partial charge in [-0.2, -0.15) is 0 Å². The molecule has 6 nitrogen and oxygen atoms in total. The number of nitrogens with zero attached hydrogens (tertiary/aromatic N) is 1. The number of nitrogens with one attached hydrogen (secondary N) is 3. The molecule has 6 heteroatoms. The first-order chi connectivity index (χ1) is 14.5. The molecule has 1 saturated heterocycles. The first kappa shape index (κ1) is 20.2. The van der Waals surface area contributed by atoms with E-state index in [0.29, 0.717) is 17.8 Å². The van der Waals surface area contributed by atoms with Gasteiger partial charge < -0.3 is 20.5 Å². The molecule has 0 saturated carbocycles. The van der Waals surface area contributed by atoms with Crippen LogP contribution in [0, 0.1) is 12.8 Å². The minimum Gasteiger partial charge on any atom is -0.361 e. The summed E-state index contributed by atoms with van der Waals surface area (Å²) in [6, 6.07) is 13.5. The molecule has 30 heavy (non-hydrogen) atoms. The zero-order valence-corrected chi connectivity index (χ0v) is 17.5. The summed E-state index contributed by atoms with van der Waals surface area (Å²) in [6.07, 6.45) is 3.84. The number of anilines is 1. The van der Waals surface area contributed by atoms with Gasteiger partial charge in [0.2, 0.25) is 5.91 Å². The van der Waals surface area contributed by atoms with E-state index in [0.717, 1.165) is 48.0 Å². The standard InChI is InChI=1S/C24H28N4O2/c1-16-5-7-19(13-21(16)27-24(30)20-4-3-11-28(2)15-20)23(29)26-14-17-6-8-18-9-10-25-22(18)12-17/h5-10,12-13,20,25H,3-4,11,14-15H2,1-2H3,(H,26,29)(H,27,30). The lowest BCUT2D eigenvalue weighted by atomic mass is 9.97. The van der Waals surface area contributed by atoms with Crippen LogP contribution in [0.25, 0.3) is 10.9 Å². The van der Waals surface area contributed by atoms with Gasteiger partial charge in [-0.1, -0.05) is 18.2 Å². The Hall–Kier alpha value is -3.12. The number of amides is 2. The van der Waals surface area contributed by atoms with Gasteiger partial charge in [-0.05, 0) is 74.1 Å². The highest BCUT2D eigenvalue weighted by Gasteiger charge is 2.24. The van der Waals surface area contributed by atoms with Crippen molar-refractivity contribution in [2.45, 2.75) is 26.3 Å². The fraction of sp³-hybridized carbons (Fsp3) is 0.333. The van der Waals surface area contributed by atoms with Crippen LogP contribution in [-0.2, 0) is 11.3 Å². The molecule has 0 spiro atoms. The van der Waals surface area contributed by atoms with Crippen molar-refractivity contribution in [3.8, 4) is 0 Å². The fourth-order valence-corrected chi connectivity index (χ4v) is 4.00. The van der Waals surface area contributed by atoms with Crippen molar-refractivity contribution >= 4 is 28.4 Å². The second kappa shape index (κ2) is 8.71. The first-order valence-corrected chi connectivity index (χ1v) is 10.4. The highest BCUT2D eigenvalue weighted by Crippen LogP contribution is 2.21. The Bertz CT molecular complexity index is 1070. The summed E-state index contributed by atoms with van der Waals surface area (Å²) in [5.74, 6) is -0.139. The topological polar surface area (TPSA) is 77.2 Å². The van der Waals surface area contributed by atoms with E-state index in [1.165, 1.54) is 0 Å². The Morgan fingerprint density at radius 2 is 2.03 bits per heavy atom. The molecular weight excluding hydrogens is 376 g/mol. The van der Waals surface area contributed by atoms with Gasteiger partial charge in [-0.25, -0.2) is 0 Å². The van der Waals surface area contributed by atoms with Crippen LogP contribution in [0.5, 0.6) is 0 Å². The van der Waals surface area contributed by atoms with Crippen molar-refractivity contribution in [1.29, 1.82) is 0 Å². The predicted molar refractivity (Wildman–Crippen MR) is 119 cm³/mol. The molecule has 1 unspecified atom stereocenters. The molecule has 0 radical (unpaired) electrons. The number of carbonyl (C=O) groups is 2. The van der Waals surface area contributed by atoms with Crippen molar-refractivity contribution in [1.82, 2.24) is 15.2 Å². The SMILES string of the molecule is Cc1ccc(C(=O)NCc2ccc3cc[nH]c3c2)cc1NC(=O)C1CCCN(C)C1. The largest absolute Gasteiger partial charge is 0.361 e. The summed E-state index contributed by atoms with van der Waals surface area (Å²) < 4.78 is 0. The van der Waals surface area contributed by atoms with Gasteiger partial charge >= 0.3 is 0 Å². The molecule has 1 fully saturated rings. The van der Waals surface area contributed by atoms with Crippen LogP contribution in [0.1, 0.15) is 34.3 Å². The summed E-state index contributed by atoms with van der Waals surface area (Å²) in [4.78, 5) is 30.8. The molecule has 0 bridgehead atoms. The first-order valence-electron chi connectivity index (χ1n) is 10.4. The van der Waals surface area contributed by atoms with Crippen molar-refractivity contribution in [2.24, 2.45) is 5.92 Å². The molecule has 2 aromatic carbocycles. The summed E-state index contributed by atoms with van der Waals surface area (Å²) in [7, 11) is 2.04. The molecule has 3 aromatic rings. The summed E-state index contributed by atoms with van der Waals surface area (Å²) in [6.45, 7) is 4.19. The van der Waals surface area contributed by atoms with E-state index in [1.54, 1.807) is 12.1 Å². The quantitative estimate of drug-likeness (QED) is 0.607. The lowest BCUT2D eigenvalue weighted by Gasteiger charge is -2.28. The van der Waals surface area contributed by atoms with Crippen LogP contribution in [-0.4, -0.2) is 41.8 Å². The van der Waals surface area contributed by atoms with Gasteiger partial charge in [0, 0.05) is 36.1 Å². The smallest absolute Gasteiger partial charge is 0.251 e. The van der Waals surface area contributed by atoms with Crippen LogP contribution in [0.4, 0.5) is 5.69 Å². The summed E-state index contributed by atoms with van der Waals surface area (Å²) >= 11 is 0. The van der Waals surface area contributed by atoms with E-state index in [2.05, 4.69) is 20.5 Å². The Morgan fingerprint density at radius 3 is 2.87 bits per heavy atom. The number of aromatic amines is 1. The number of aromatic nitrogens is 1. The van der Waals surface area contributed by atoms with Gasteiger partial charge in [-0.15, -0.1) is 0 Å². The highest BCUT2D eigenvalue weighted by molar-refractivity contribution is 5.98. The van der Waals surface area contributed by atoms with Crippen molar-refractivity contribution in [2.75, 3.05) is 25.5 Å². The third-order valence-corrected chi connectivity index (χ3v) is 5.83. The average Bonchev–Trinajstić information content (AvgIpc) is 3.21. The number of benzene rings is 2. The number of rotatable bonds is 5. The van der Waals surface area contributed by atoms with Gasteiger partial charge in [0.15, 0.2) is 0 Å². The minimum atomic E-state index is -0.158. The van der Waals surface area contributed by atoms with Gasteiger partial charge in [0.25, 0.3) is 5.91 Å². The molecule has 2 amide bonds. The Morgan fingerprint density at radius 1 is 1.17 bits per heavy atom. The van der Waals surface area contributed by atoms with Gasteiger partial charge in [0.1, 0.15) is 0 Å². The zero-order chi connectivity index (χ0) is 21.1. The van der Waals surface area contributed by atoms with Crippen LogP contribution in [0.15, 0.2) is 48.7 Å². The second-order valence-corrected chi connectivity index (χ2v) is 8.20. The third kappa shape index (κ3) is 4.54. The van der Waals surface area contributed by atoms with E-state index in [-0.39, 0.29) is 17.7 Å². The number of aryl methyl sites for hydroxylation is 1. The highest BCUT2D eigenvalue weighted by atomic mass is 16.2. The predicted octanol–water partition coefficient (Wildman–Crippen LogP) is 3.69. The Labute approximate surface area is 176 Å². The third-order valence-electron chi connectivity index (χ3n) is 5.83. The Balaban J connectivity index is 1.41. The molecule has 4 rings (SSSR count). The normalized spacial score (nSPS) is 17.1. The van der Waals surface area contributed by atoms with Crippen LogP contribution in [0.2, 0.25) is 0 Å². The number of H-pyrrole nitrogens is 1. The van der Waals surface area contributed by atoms with Crippen LogP contribution < -0.4 is 10.6 Å². The lowest BCUT2D eigenvalue weighted by molar-refractivity contribution is -0.121. The van der Waals surface area contributed by atoms with Crippen LogP contribution in [0.3, 0.4) is 0 Å². The molecule has 156 valence electrons. The number of carbonyl (C=O) groups excluding carboxylic acids is 2. The lowest BCUT2D eigenvalue weighted by Crippen LogP contribution is -2.38. The average molecular weight is 405 g/mol. The second-order valence-electron chi connectivity index (χ2n) is 8.20. The van der Waals surface area contributed by atoms with Crippen LogP contribution >= 0.6 is 0 Å². The summed E-state index contributed by atoms with van der Waals surface area (Å²) in [5, 5.41) is 7.15. The minimum absolute atomic E-state index is 0.0106. The van der Waals surface area contributed by atoms with Gasteiger partial charge in [0.05, 0.1) is 5.92 Å². The number of likely N-dealkylation sites (tertiary alicyclic amines) is 1. The number of hydrogen-bond acceptors (Lipinski definition) is 3. The molecular formula is C24H28N4O2. The molecule has 1 aliphatic rings. The van der Waals surface area contributed by atoms with E-state index in [1.807, 2.05) is 50.5 Å². The maximum atomic E-state index is 12.7. The Kier molecular flexibility index (Phi) is 5.86. The number of fused-ring (bicyclic) bond motifs is 1.